The number of hydrogen-bond acceptors (Lipinski definition) is 7. The molecule has 1 fully saturated rings. The van der Waals surface area contributed by atoms with Gasteiger partial charge < -0.3 is 19.9 Å². The van der Waals surface area contributed by atoms with E-state index in [1.807, 2.05) is 5.94 Å². The van der Waals surface area contributed by atoms with Gasteiger partial charge in [0.15, 0.2) is 6.10 Å². The van der Waals surface area contributed by atoms with Crippen molar-refractivity contribution in [2.75, 3.05) is 18.5 Å². The summed E-state index contributed by atoms with van der Waals surface area (Å²) in [4.78, 5) is 20.3. The summed E-state index contributed by atoms with van der Waals surface area (Å²) in [7, 11) is 0. The third-order valence-corrected chi connectivity index (χ3v) is 7.14. The molecule has 208 valence electrons. The standard InChI is InChI=1S/C31H38FN3O4/c1-5-6-22-13-23(20(4)12-21(9-10-36)11-19(2)3)14-26-30(22)31(34-18-33-26)35-25-8-7-24(32)15-28(25)39-29-17-38-16-27(29)37/h7-9,13-15,18-21,27,29,37H,5-6,11-12,16-17H2,1-4H3,(H,33,34,35)/t20?,21-,27+,29-/m0/s1. The van der Waals surface area contributed by atoms with Crippen molar-refractivity contribution in [1.29, 1.82) is 0 Å². The number of rotatable bonds is 12. The predicted octanol–water partition coefficient (Wildman–Crippen LogP) is 6.15. The summed E-state index contributed by atoms with van der Waals surface area (Å²) in [5, 5.41) is 14.4. The van der Waals surface area contributed by atoms with Crippen LogP contribution in [0.1, 0.15) is 64.0 Å². The van der Waals surface area contributed by atoms with Gasteiger partial charge in [-0.3, -0.25) is 0 Å². The number of ether oxygens (including phenoxy) is 2. The summed E-state index contributed by atoms with van der Waals surface area (Å²) in [6.07, 6.45) is 5.39. The first-order chi connectivity index (χ1) is 18.8. The Kier molecular flexibility index (Phi) is 9.68. The van der Waals surface area contributed by atoms with Crippen LogP contribution in [0.2, 0.25) is 0 Å². The highest BCUT2D eigenvalue weighted by Crippen LogP contribution is 2.36. The summed E-state index contributed by atoms with van der Waals surface area (Å²) in [6, 6.07) is 8.57. The molecule has 3 aromatic rings. The average molecular weight is 536 g/mol. The topological polar surface area (TPSA) is 93.6 Å². The summed E-state index contributed by atoms with van der Waals surface area (Å²) in [5.41, 5.74) is 3.64. The van der Waals surface area contributed by atoms with Gasteiger partial charge in [0.2, 0.25) is 0 Å². The lowest BCUT2D eigenvalue weighted by Crippen LogP contribution is -2.30. The number of nitrogens with one attached hydrogen (secondary N) is 1. The lowest BCUT2D eigenvalue weighted by molar-refractivity contribution is 0.0736. The molecule has 0 amide bonds. The molecule has 0 bridgehead atoms. The van der Waals surface area contributed by atoms with Crippen LogP contribution in [-0.2, 0) is 16.0 Å². The van der Waals surface area contributed by atoms with Crippen LogP contribution in [0.15, 0.2) is 42.7 Å². The monoisotopic (exact) mass is 535 g/mol. The highest BCUT2D eigenvalue weighted by atomic mass is 19.1. The van der Waals surface area contributed by atoms with Crippen LogP contribution >= 0.6 is 0 Å². The number of fused-ring (bicyclic) bond motifs is 1. The summed E-state index contributed by atoms with van der Waals surface area (Å²) >= 11 is 0. The minimum absolute atomic E-state index is 0.172. The predicted molar refractivity (Wildman–Crippen MR) is 151 cm³/mol. The lowest BCUT2D eigenvalue weighted by atomic mass is 9.84. The number of allylic oxidation sites excluding steroid dienone is 1. The molecule has 0 aliphatic carbocycles. The molecular weight excluding hydrogens is 497 g/mol. The Hall–Kier alpha value is -3.32. The van der Waals surface area contributed by atoms with Crippen molar-refractivity contribution in [2.45, 2.75) is 71.5 Å². The van der Waals surface area contributed by atoms with E-state index in [2.05, 4.69) is 55.1 Å². The van der Waals surface area contributed by atoms with Crippen molar-refractivity contribution >= 4 is 28.3 Å². The quantitative estimate of drug-likeness (QED) is 0.269. The Morgan fingerprint density at radius 1 is 1.21 bits per heavy atom. The summed E-state index contributed by atoms with van der Waals surface area (Å²) in [6.45, 7) is 9.07. The zero-order valence-corrected chi connectivity index (χ0v) is 23.1. The van der Waals surface area contributed by atoms with Crippen LogP contribution in [0.25, 0.3) is 10.9 Å². The first kappa shape index (κ1) is 28.7. The van der Waals surface area contributed by atoms with Crippen LogP contribution in [0.4, 0.5) is 15.9 Å². The van der Waals surface area contributed by atoms with E-state index in [4.69, 9.17) is 9.47 Å². The van der Waals surface area contributed by atoms with Gasteiger partial charge in [-0.05, 0) is 66.3 Å². The molecule has 1 aliphatic heterocycles. The van der Waals surface area contributed by atoms with Crippen molar-refractivity contribution in [3.63, 3.8) is 0 Å². The molecular formula is C31H38FN3O4. The fourth-order valence-electron chi connectivity index (χ4n) is 5.29. The van der Waals surface area contributed by atoms with Gasteiger partial charge in [-0.1, -0.05) is 40.2 Å². The number of carbonyl (C=O) groups excluding carboxylic acids is 1. The Morgan fingerprint density at radius 2 is 2.03 bits per heavy atom. The van der Waals surface area contributed by atoms with Crippen molar-refractivity contribution in [3.05, 3.63) is 59.7 Å². The number of anilines is 2. The maximum absolute atomic E-state index is 14.2. The van der Waals surface area contributed by atoms with Gasteiger partial charge in [-0.2, -0.15) is 0 Å². The fraction of sp³-hybridized carbons (Fsp3) is 0.484. The second-order valence-electron chi connectivity index (χ2n) is 10.9. The smallest absolute Gasteiger partial charge is 0.150 e. The lowest BCUT2D eigenvalue weighted by Gasteiger charge is -2.22. The minimum atomic E-state index is -0.778. The Morgan fingerprint density at radius 3 is 2.72 bits per heavy atom. The molecule has 0 radical (unpaired) electrons. The van der Waals surface area contributed by atoms with E-state index >= 15 is 0 Å². The highest BCUT2D eigenvalue weighted by molar-refractivity contribution is 5.94. The maximum atomic E-state index is 14.2. The Labute approximate surface area is 229 Å². The molecule has 1 saturated heterocycles. The number of halogens is 1. The molecule has 1 unspecified atom stereocenters. The molecule has 1 aliphatic rings. The van der Waals surface area contributed by atoms with Crippen LogP contribution in [0, 0.1) is 17.7 Å². The number of aryl methyl sites for hydroxylation is 1. The van der Waals surface area contributed by atoms with E-state index in [0.29, 0.717) is 17.4 Å². The van der Waals surface area contributed by atoms with Crippen molar-refractivity contribution in [2.24, 2.45) is 11.8 Å². The van der Waals surface area contributed by atoms with Gasteiger partial charge in [0.05, 0.1) is 24.4 Å². The Bertz CT molecular complexity index is 1320. The highest BCUT2D eigenvalue weighted by Gasteiger charge is 2.29. The van der Waals surface area contributed by atoms with Crippen LogP contribution in [0.3, 0.4) is 0 Å². The molecule has 7 nitrogen and oxygen atoms in total. The zero-order valence-electron chi connectivity index (χ0n) is 23.1. The number of benzene rings is 2. The van der Waals surface area contributed by atoms with Crippen molar-refractivity contribution < 1.29 is 23.8 Å². The molecule has 0 saturated carbocycles. The number of aromatic nitrogens is 2. The van der Waals surface area contributed by atoms with E-state index in [1.165, 1.54) is 24.0 Å². The molecule has 4 atom stereocenters. The fourth-order valence-corrected chi connectivity index (χ4v) is 5.29. The van der Waals surface area contributed by atoms with Gasteiger partial charge in [-0.25, -0.2) is 19.2 Å². The van der Waals surface area contributed by atoms with Crippen LogP contribution < -0.4 is 10.1 Å². The molecule has 2 heterocycles. The molecule has 39 heavy (non-hydrogen) atoms. The first-order valence-electron chi connectivity index (χ1n) is 13.8. The first-order valence-corrected chi connectivity index (χ1v) is 13.8. The van der Waals surface area contributed by atoms with Crippen LogP contribution in [-0.4, -0.2) is 46.4 Å². The molecule has 8 heteroatoms. The van der Waals surface area contributed by atoms with Gasteiger partial charge in [0.1, 0.15) is 35.8 Å². The number of aliphatic hydroxyl groups excluding tert-OH is 1. The normalized spacial score (nSPS) is 18.6. The number of aliphatic hydroxyl groups is 1. The number of hydrogen-bond donors (Lipinski definition) is 2. The number of nitrogens with zero attached hydrogens (tertiary/aromatic N) is 2. The molecule has 0 spiro atoms. The molecule has 2 aromatic carbocycles. The maximum Gasteiger partial charge on any atom is 0.150 e. The van der Waals surface area contributed by atoms with Crippen molar-refractivity contribution in [3.8, 4) is 5.75 Å². The molecule has 2 N–H and O–H groups in total. The van der Waals surface area contributed by atoms with Crippen LogP contribution in [0.5, 0.6) is 5.75 Å². The third-order valence-electron chi connectivity index (χ3n) is 7.14. The van der Waals surface area contributed by atoms with E-state index in [-0.39, 0.29) is 30.8 Å². The summed E-state index contributed by atoms with van der Waals surface area (Å²) < 4.78 is 25.4. The second-order valence-corrected chi connectivity index (χ2v) is 10.9. The summed E-state index contributed by atoms with van der Waals surface area (Å²) in [5.74, 6) is 3.32. The van der Waals surface area contributed by atoms with E-state index in [1.54, 1.807) is 12.1 Å². The van der Waals surface area contributed by atoms with Gasteiger partial charge in [0.25, 0.3) is 0 Å². The van der Waals surface area contributed by atoms with E-state index < -0.39 is 18.0 Å². The largest absolute Gasteiger partial charge is 0.483 e. The third kappa shape index (κ3) is 7.21. The second kappa shape index (κ2) is 13.2. The van der Waals surface area contributed by atoms with Gasteiger partial charge in [-0.15, -0.1) is 0 Å². The minimum Gasteiger partial charge on any atom is -0.483 e. The van der Waals surface area contributed by atoms with Gasteiger partial charge >= 0.3 is 0 Å². The van der Waals surface area contributed by atoms with E-state index in [9.17, 15) is 14.3 Å². The Balaban J connectivity index is 1.68. The van der Waals surface area contributed by atoms with Gasteiger partial charge in [0, 0.05) is 17.5 Å². The SMILES string of the molecule is CCCc1cc(C(C)C[C@@H](C=C=O)CC(C)C)cc2ncnc(Nc3ccc(F)cc3O[C@H]3COC[C@H]3O)c12. The molecule has 1 aromatic heterocycles. The zero-order chi connectivity index (χ0) is 27.9. The average Bonchev–Trinajstić information content (AvgIpc) is 3.29. The van der Waals surface area contributed by atoms with Crippen molar-refractivity contribution in [1.82, 2.24) is 9.97 Å². The van der Waals surface area contributed by atoms with E-state index in [0.717, 1.165) is 42.1 Å². The molecule has 4 rings (SSSR count).